The number of rotatable bonds is 2. The van der Waals surface area contributed by atoms with Crippen LogP contribution in [0.3, 0.4) is 0 Å². The maximum Gasteiger partial charge on any atom is 0.0781 e. The summed E-state index contributed by atoms with van der Waals surface area (Å²) in [7, 11) is 0. The van der Waals surface area contributed by atoms with Gasteiger partial charge in [0.05, 0.1) is 37.6 Å². The van der Waals surface area contributed by atoms with E-state index in [2.05, 4.69) is 23.1 Å². The van der Waals surface area contributed by atoms with Crippen LogP contribution in [0.5, 0.6) is 0 Å². The van der Waals surface area contributed by atoms with Crippen molar-refractivity contribution in [3.63, 3.8) is 0 Å². The molecule has 0 spiro atoms. The third-order valence-electron chi connectivity index (χ3n) is 5.34. The second kappa shape index (κ2) is 4.83. The van der Waals surface area contributed by atoms with Gasteiger partial charge in [0.25, 0.3) is 0 Å². The van der Waals surface area contributed by atoms with Gasteiger partial charge in [-0.1, -0.05) is 0 Å². The summed E-state index contributed by atoms with van der Waals surface area (Å²) in [4.78, 5) is 2.57. The molecular weight excluding hydrogens is 254 g/mol. The highest BCUT2D eigenvalue weighted by Gasteiger charge is 2.44. The second-order valence-corrected chi connectivity index (χ2v) is 6.77. The van der Waals surface area contributed by atoms with Gasteiger partial charge in [0.2, 0.25) is 0 Å². The van der Waals surface area contributed by atoms with E-state index < -0.39 is 0 Å². The van der Waals surface area contributed by atoms with Gasteiger partial charge in [0, 0.05) is 19.3 Å². The standard InChI is InChI=1S/C15H23N3O2/c1-10-4-16-18(5-10)14-2-11-6-17(13-8-20-9-13)7-12(11)3-15(14)19/h4-5,11-15,19H,2-3,6-9H2,1H3/t11-,12+,14-,15-/m0/s1. The molecule has 0 radical (unpaired) electrons. The molecule has 1 aromatic heterocycles. The van der Waals surface area contributed by atoms with Crippen molar-refractivity contribution in [2.75, 3.05) is 26.3 Å². The summed E-state index contributed by atoms with van der Waals surface area (Å²) in [5.41, 5.74) is 1.17. The third-order valence-corrected chi connectivity index (χ3v) is 5.34. The monoisotopic (exact) mass is 277 g/mol. The van der Waals surface area contributed by atoms with Gasteiger partial charge in [0.15, 0.2) is 0 Å². The number of fused-ring (bicyclic) bond motifs is 1. The molecule has 0 aromatic carbocycles. The third kappa shape index (κ3) is 2.08. The minimum absolute atomic E-state index is 0.155. The molecule has 3 aliphatic rings. The molecule has 5 nitrogen and oxygen atoms in total. The van der Waals surface area contributed by atoms with Gasteiger partial charge in [-0.3, -0.25) is 9.58 Å². The summed E-state index contributed by atoms with van der Waals surface area (Å²) >= 11 is 0. The van der Waals surface area contributed by atoms with Crippen molar-refractivity contribution in [2.45, 2.75) is 38.0 Å². The number of aliphatic hydroxyl groups excluding tert-OH is 1. The topological polar surface area (TPSA) is 50.5 Å². The molecule has 5 heteroatoms. The van der Waals surface area contributed by atoms with E-state index in [1.165, 1.54) is 12.1 Å². The average Bonchev–Trinajstić information content (AvgIpc) is 2.91. The van der Waals surface area contributed by atoms with Crippen molar-refractivity contribution in [3.05, 3.63) is 18.0 Å². The lowest BCUT2D eigenvalue weighted by atomic mass is 9.77. The number of ether oxygens (including phenoxy) is 1. The lowest BCUT2D eigenvalue weighted by Gasteiger charge is -2.35. The Labute approximate surface area is 119 Å². The van der Waals surface area contributed by atoms with E-state index in [0.717, 1.165) is 32.6 Å². The molecule has 3 fully saturated rings. The molecule has 4 atom stereocenters. The maximum absolute atomic E-state index is 10.5. The molecule has 2 aliphatic heterocycles. The van der Waals surface area contributed by atoms with Crippen LogP contribution in [0.1, 0.15) is 24.4 Å². The molecule has 110 valence electrons. The van der Waals surface area contributed by atoms with E-state index >= 15 is 0 Å². The molecule has 0 unspecified atom stereocenters. The zero-order chi connectivity index (χ0) is 13.7. The number of likely N-dealkylation sites (tertiary alicyclic amines) is 1. The Morgan fingerprint density at radius 3 is 2.60 bits per heavy atom. The summed E-state index contributed by atoms with van der Waals surface area (Å²) in [6, 6.07) is 0.783. The van der Waals surface area contributed by atoms with Gasteiger partial charge >= 0.3 is 0 Å². The van der Waals surface area contributed by atoms with Crippen LogP contribution in [0, 0.1) is 18.8 Å². The van der Waals surface area contributed by atoms with E-state index in [1.807, 2.05) is 10.9 Å². The van der Waals surface area contributed by atoms with Crippen molar-refractivity contribution >= 4 is 0 Å². The van der Waals surface area contributed by atoms with E-state index in [1.54, 1.807) is 0 Å². The molecule has 0 amide bonds. The first-order valence-corrected chi connectivity index (χ1v) is 7.71. The zero-order valence-corrected chi connectivity index (χ0v) is 12.0. The maximum atomic E-state index is 10.5. The fourth-order valence-corrected chi connectivity index (χ4v) is 4.07. The Morgan fingerprint density at radius 2 is 2.00 bits per heavy atom. The molecule has 4 rings (SSSR count). The minimum atomic E-state index is -0.256. The van der Waals surface area contributed by atoms with E-state index in [4.69, 9.17) is 4.74 Å². The quantitative estimate of drug-likeness (QED) is 0.870. The predicted octanol–water partition coefficient (Wildman–Crippen LogP) is 0.834. The van der Waals surface area contributed by atoms with Crippen molar-refractivity contribution in [1.82, 2.24) is 14.7 Å². The highest BCUT2D eigenvalue weighted by Crippen LogP contribution is 2.42. The van der Waals surface area contributed by atoms with Gasteiger partial charge in [-0.2, -0.15) is 5.10 Å². The van der Waals surface area contributed by atoms with Crippen LogP contribution in [0.4, 0.5) is 0 Å². The van der Waals surface area contributed by atoms with Crippen LogP contribution in [0.2, 0.25) is 0 Å². The zero-order valence-electron chi connectivity index (χ0n) is 12.0. The van der Waals surface area contributed by atoms with E-state index in [0.29, 0.717) is 17.9 Å². The van der Waals surface area contributed by atoms with Crippen LogP contribution in [0.15, 0.2) is 12.4 Å². The van der Waals surface area contributed by atoms with Crippen LogP contribution in [-0.4, -0.2) is 58.2 Å². The van der Waals surface area contributed by atoms with Crippen molar-refractivity contribution in [1.29, 1.82) is 0 Å². The fourth-order valence-electron chi connectivity index (χ4n) is 4.07. The Bertz CT molecular complexity index is 485. The largest absolute Gasteiger partial charge is 0.391 e. The van der Waals surface area contributed by atoms with Crippen LogP contribution in [-0.2, 0) is 4.74 Å². The van der Waals surface area contributed by atoms with Gasteiger partial charge < -0.3 is 9.84 Å². The summed E-state index contributed by atoms with van der Waals surface area (Å²) in [5.74, 6) is 1.35. The normalized spacial score (nSPS) is 38.7. The molecule has 1 aliphatic carbocycles. The first-order valence-electron chi connectivity index (χ1n) is 7.71. The lowest BCUT2D eigenvalue weighted by molar-refractivity contribution is -0.0588. The van der Waals surface area contributed by atoms with Gasteiger partial charge in [-0.15, -0.1) is 0 Å². The Hall–Kier alpha value is -0.910. The van der Waals surface area contributed by atoms with Crippen LogP contribution >= 0.6 is 0 Å². The van der Waals surface area contributed by atoms with Crippen LogP contribution < -0.4 is 0 Å². The summed E-state index contributed by atoms with van der Waals surface area (Å²) in [5, 5.41) is 14.9. The number of nitrogens with zero attached hydrogens (tertiary/aromatic N) is 3. The summed E-state index contributed by atoms with van der Waals surface area (Å²) in [6.45, 7) is 6.14. The van der Waals surface area contributed by atoms with Crippen LogP contribution in [0.25, 0.3) is 0 Å². The lowest BCUT2D eigenvalue weighted by Crippen LogP contribution is -2.48. The summed E-state index contributed by atoms with van der Waals surface area (Å²) < 4.78 is 7.29. The van der Waals surface area contributed by atoms with Gasteiger partial charge in [0.1, 0.15) is 0 Å². The fraction of sp³-hybridized carbons (Fsp3) is 0.800. The Balaban J connectivity index is 1.47. The van der Waals surface area contributed by atoms with Crippen molar-refractivity contribution in [2.24, 2.45) is 11.8 Å². The first-order chi connectivity index (χ1) is 9.70. The smallest absolute Gasteiger partial charge is 0.0781 e. The molecule has 0 bridgehead atoms. The number of aryl methyl sites for hydroxylation is 1. The minimum Gasteiger partial charge on any atom is -0.391 e. The predicted molar refractivity (Wildman–Crippen MR) is 74.4 cm³/mol. The van der Waals surface area contributed by atoms with Gasteiger partial charge in [-0.05, 0) is 37.2 Å². The van der Waals surface area contributed by atoms with Crippen molar-refractivity contribution in [3.8, 4) is 0 Å². The highest BCUT2D eigenvalue weighted by molar-refractivity contribution is 5.03. The highest BCUT2D eigenvalue weighted by atomic mass is 16.5. The van der Waals surface area contributed by atoms with Crippen molar-refractivity contribution < 1.29 is 9.84 Å². The summed E-state index contributed by atoms with van der Waals surface area (Å²) in [6.07, 6.45) is 5.65. The molecule has 20 heavy (non-hydrogen) atoms. The molecule has 3 heterocycles. The molecule has 1 aromatic rings. The molecular formula is C15H23N3O2. The number of aliphatic hydroxyl groups is 1. The Morgan fingerprint density at radius 1 is 1.25 bits per heavy atom. The number of hydrogen-bond donors (Lipinski definition) is 1. The number of hydrogen-bond acceptors (Lipinski definition) is 4. The molecule has 1 N–H and O–H groups in total. The Kier molecular flexibility index (Phi) is 3.09. The number of aromatic nitrogens is 2. The SMILES string of the molecule is Cc1cnn([C@H]2C[C@H]3CN(C4COC4)C[C@H]3C[C@@H]2O)c1. The van der Waals surface area contributed by atoms with E-state index in [9.17, 15) is 5.11 Å². The molecule has 2 saturated heterocycles. The second-order valence-electron chi connectivity index (χ2n) is 6.77. The first kappa shape index (κ1) is 12.8. The molecule has 1 saturated carbocycles. The average molecular weight is 277 g/mol. The van der Waals surface area contributed by atoms with E-state index in [-0.39, 0.29) is 12.1 Å². The van der Waals surface area contributed by atoms with Gasteiger partial charge in [-0.25, -0.2) is 0 Å².